The van der Waals surface area contributed by atoms with Crippen LogP contribution in [0.2, 0.25) is 0 Å². The number of alkyl halides is 4. The minimum Gasteiger partial charge on any atom is -0.743 e. The fraction of sp³-hybridized carbons (Fsp3) is 1.00. The lowest BCUT2D eigenvalue weighted by Crippen LogP contribution is -2.51. The van der Waals surface area contributed by atoms with Crippen molar-refractivity contribution in [3.05, 3.63) is 0 Å². The van der Waals surface area contributed by atoms with Crippen molar-refractivity contribution in [1.29, 1.82) is 0 Å². The number of halogens is 4. The Kier molecular flexibility index (Phi) is 25.9. The second kappa shape index (κ2) is 24.9. The van der Waals surface area contributed by atoms with Gasteiger partial charge in [-0.05, 0) is 40.5 Å². The lowest BCUT2D eigenvalue weighted by atomic mass is 9.89. The number of rotatable bonds is 27. The highest BCUT2D eigenvalue weighted by Crippen LogP contribution is 2.47. The van der Waals surface area contributed by atoms with Crippen LogP contribution in [-0.2, 0) is 10.1 Å². The van der Waals surface area contributed by atoms with Crippen LogP contribution in [0.25, 0.3) is 0 Å². The Bertz CT molecular complexity index is 699. The normalized spacial score (nSPS) is 13.6. The molecule has 0 amide bonds. The molecule has 0 saturated heterocycles. The summed E-state index contributed by atoms with van der Waals surface area (Å²) >= 11 is 0. The monoisotopic (exact) mass is 633 g/mol. The van der Waals surface area contributed by atoms with E-state index < -0.39 is 27.2 Å². The van der Waals surface area contributed by atoms with E-state index in [1.807, 2.05) is 6.92 Å². The maximum Gasteiger partial charge on any atom is 0.396 e. The molecule has 0 radical (unpaired) electrons. The summed E-state index contributed by atoms with van der Waals surface area (Å²) in [5, 5.41) is -5.58. The molecule has 0 rings (SSSR count). The maximum atomic E-state index is 14.3. The second-order valence-corrected chi connectivity index (χ2v) is 13.6. The summed E-state index contributed by atoms with van der Waals surface area (Å²) in [5.74, 6) is -6.65. The van der Waals surface area contributed by atoms with Gasteiger partial charge in [0.2, 0.25) is 0 Å². The quantitative estimate of drug-likeness (QED) is 0.0391. The van der Waals surface area contributed by atoms with Crippen molar-refractivity contribution in [3.8, 4) is 0 Å². The van der Waals surface area contributed by atoms with Crippen LogP contribution >= 0.6 is 0 Å². The Morgan fingerprint density at radius 1 is 0.524 bits per heavy atom. The van der Waals surface area contributed by atoms with E-state index in [4.69, 9.17) is 0 Å². The van der Waals surface area contributed by atoms with Crippen LogP contribution < -0.4 is 0 Å². The predicted molar refractivity (Wildman–Crippen MR) is 169 cm³/mol. The van der Waals surface area contributed by atoms with Crippen LogP contribution in [0.4, 0.5) is 17.6 Å². The summed E-state index contributed by atoms with van der Waals surface area (Å²) in [7, 11) is -6.43. The van der Waals surface area contributed by atoms with Crippen LogP contribution in [0.5, 0.6) is 0 Å². The zero-order valence-corrected chi connectivity index (χ0v) is 29.0. The van der Waals surface area contributed by atoms with Gasteiger partial charge in [-0.25, -0.2) is 8.42 Å². The molecule has 4 nitrogen and oxygen atoms in total. The molecule has 0 aromatic carbocycles. The lowest BCUT2D eigenvalue weighted by molar-refractivity contribution is -0.921. The molecular formula is C33H67F4NO3S. The zero-order valence-electron chi connectivity index (χ0n) is 28.1. The van der Waals surface area contributed by atoms with E-state index in [1.54, 1.807) is 0 Å². The van der Waals surface area contributed by atoms with Gasteiger partial charge in [-0.15, -0.1) is 0 Å². The van der Waals surface area contributed by atoms with Gasteiger partial charge in [0, 0.05) is 5.92 Å². The summed E-state index contributed by atoms with van der Waals surface area (Å²) in [5.41, 5.74) is 0. The second-order valence-electron chi connectivity index (χ2n) is 12.1. The van der Waals surface area contributed by atoms with Crippen molar-refractivity contribution in [2.45, 2.75) is 181 Å². The third-order valence-corrected chi connectivity index (χ3v) is 10.1. The highest BCUT2D eigenvalue weighted by molar-refractivity contribution is 7.86. The van der Waals surface area contributed by atoms with Gasteiger partial charge in [-0.1, -0.05) is 129 Å². The van der Waals surface area contributed by atoms with Gasteiger partial charge in [0.15, 0.2) is 10.1 Å². The molecule has 256 valence electrons. The maximum absolute atomic E-state index is 14.3. The van der Waals surface area contributed by atoms with Gasteiger partial charge >= 0.3 is 11.2 Å². The van der Waals surface area contributed by atoms with Gasteiger partial charge in [0.05, 0.1) is 26.2 Å². The highest BCUT2D eigenvalue weighted by Gasteiger charge is 2.64. The van der Waals surface area contributed by atoms with Gasteiger partial charge in [-0.3, -0.25) is 0 Å². The Morgan fingerprint density at radius 2 is 0.786 bits per heavy atom. The van der Waals surface area contributed by atoms with E-state index in [0.29, 0.717) is 25.7 Å². The Morgan fingerprint density at radius 3 is 1.05 bits per heavy atom. The topological polar surface area (TPSA) is 57.2 Å². The number of hydrogen-bond donors (Lipinski definition) is 0. The molecule has 0 spiro atoms. The standard InChI is InChI=1S/C25H48F4O3S.C8H20N/c1-3-5-7-8-9-10-11-12-13-14-15-16-17-18-20-22-23(21-19-6-4-2)24(26,27)25(28,29)33(30,31)32;1-5-9(6-2,7-3)8-4/h23H,3-22H2,1-2H3,(H,30,31,32);5-8H2,1-4H3/q;+1/p-1. The summed E-state index contributed by atoms with van der Waals surface area (Å²) < 4.78 is 89.7. The molecule has 1 unspecified atom stereocenters. The summed E-state index contributed by atoms with van der Waals surface area (Å²) in [4.78, 5) is 0. The third kappa shape index (κ3) is 17.8. The van der Waals surface area contributed by atoms with E-state index >= 15 is 0 Å². The Labute approximate surface area is 258 Å². The van der Waals surface area contributed by atoms with Gasteiger partial charge in [-0.2, -0.15) is 17.6 Å². The van der Waals surface area contributed by atoms with Crippen LogP contribution in [-0.4, -0.2) is 54.8 Å². The van der Waals surface area contributed by atoms with Crippen molar-refractivity contribution in [2.75, 3.05) is 26.2 Å². The molecule has 0 aliphatic carbocycles. The first-order chi connectivity index (χ1) is 19.8. The summed E-state index contributed by atoms with van der Waals surface area (Å²) in [6.07, 6.45) is 17.9. The smallest absolute Gasteiger partial charge is 0.396 e. The predicted octanol–water partition coefficient (Wildman–Crippen LogP) is 11.1. The zero-order chi connectivity index (χ0) is 32.5. The SMILES string of the molecule is CCCCCCCCCCCCCCCCCC(CCCCC)C(F)(F)C(F)(F)S(=O)(=O)[O-].CC[N+](CC)(CC)CC. The molecular weight excluding hydrogens is 566 g/mol. The minimum atomic E-state index is -6.43. The number of hydrogen-bond acceptors (Lipinski definition) is 3. The molecule has 0 N–H and O–H groups in total. The number of quaternary nitrogens is 1. The number of unbranched alkanes of at least 4 members (excludes halogenated alkanes) is 16. The summed E-state index contributed by atoms with van der Waals surface area (Å²) in [6, 6.07) is 0. The first-order valence-corrected chi connectivity index (χ1v) is 18.7. The van der Waals surface area contributed by atoms with Crippen LogP contribution in [0, 0.1) is 5.92 Å². The van der Waals surface area contributed by atoms with Gasteiger partial charge < -0.3 is 9.04 Å². The lowest BCUT2D eigenvalue weighted by Gasteiger charge is -2.34. The molecule has 0 aromatic heterocycles. The van der Waals surface area contributed by atoms with E-state index in [1.165, 1.54) is 88.4 Å². The molecule has 0 bridgehead atoms. The van der Waals surface area contributed by atoms with Crippen LogP contribution in [0.15, 0.2) is 0 Å². The fourth-order valence-corrected chi connectivity index (χ4v) is 6.16. The highest BCUT2D eigenvalue weighted by atomic mass is 32.2. The van der Waals surface area contributed by atoms with E-state index in [2.05, 4.69) is 34.6 Å². The molecule has 0 aliphatic heterocycles. The van der Waals surface area contributed by atoms with Crippen molar-refractivity contribution in [2.24, 2.45) is 5.92 Å². The Hall–Kier alpha value is -0.410. The first kappa shape index (κ1) is 43.7. The van der Waals surface area contributed by atoms with Crippen molar-refractivity contribution in [3.63, 3.8) is 0 Å². The summed E-state index contributed by atoms with van der Waals surface area (Å²) in [6.45, 7) is 18.3. The third-order valence-electron chi connectivity index (χ3n) is 9.21. The van der Waals surface area contributed by atoms with Crippen molar-refractivity contribution >= 4 is 10.1 Å². The van der Waals surface area contributed by atoms with Crippen LogP contribution in [0.1, 0.15) is 170 Å². The van der Waals surface area contributed by atoms with Crippen molar-refractivity contribution in [1.82, 2.24) is 0 Å². The molecule has 0 fully saturated rings. The van der Waals surface area contributed by atoms with Crippen molar-refractivity contribution < 1.29 is 35.0 Å². The molecule has 0 saturated carbocycles. The Balaban J connectivity index is 0. The molecule has 0 heterocycles. The average molecular weight is 634 g/mol. The molecule has 42 heavy (non-hydrogen) atoms. The first-order valence-electron chi connectivity index (χ1n) is 17.3. The average Bonchev–Trinajstić information content (AvgIpc) is 2.95. The molecule has 9 heteroatoms. The minimum absolute atomic E-state index is 0.194. The largest absolute Gasteiger partial charge is 0.743 e. The molecule has 1 atom stereocenters. The van der Waals surface area contributed by atoms with Gasteiger partial charge in [0.1, 0.15) is 0 Å². The number of nitrogens with zero attached hydrogens (tertiary/aromatic N) is 1. The van der Waals surface area contributed by atoms with E-state index in [-0.39, 0.29) is 12.8 Å². The molecule has 0 aromatic rings. The van der Waals surface area contributed by atoms with Crippen LogP contribution in [0.3, 0.4) is 0 Å². The van der Waals surface area contributed by atoms with E-state index in [0.717, 1.165) is 32.1 Å². The van der Waals surface area contributed by atoms with E-state index in [9.17, 15) is 30.5 Å². The van der Waals surface area contributed by atoms with Gasteiger partial charge in [0.25, 0.3) is 0 Å². The molecule has 0 aliphatic rings. The fourth-order valence-electron chi connectivity index (χ4n) is 5.66.